The minimum Gasteiger partial charge on any atom is -0.330 e. The van der Waals surface area contributed by atoms with Crippen molar-refractivity contribution in [2.24, 2.45) is 17.6 Å². The Hall–Kier alpha value is -1.49. The number of fused-ring (bicyclic) bond motifs is 1. The molecule has 17 heavy (non-hydrogen) atoms. The lowest BCUT2D eigenvalue weighted by atomic mass is 9.94. The highest BCUT2D eigenvalue weighted by Gasteiger charge is 2.14. The fraction of sp³-hybridized carbons (Fsp3) is 0.583. The van der Waals surface area contributed by atoms with Crippen LogP contribution in [0.1, 0.15) is 26.1 Å². The normalized spacial score (nSPS) is 13.4. The zero-order valence-electron chi connectivity index (χ0n) is 10.4. The van der Waals surface area contributed by atoms with Crippen molar-refractivity contribution in [1.82, 2.24) is 19.6 Å². The van der Waals surface area contributed by atoms with Gasteiger partial charge in [-0.25, -0.2) is 4.98 Å². The van der Waals surface area contributed by atoms with Crippen LogP contribution in [0.5, 0.6) is 0 Å². The largest absolute Gasteiger partial charge is 0.330 e. The monoisotopic (exact) mass is 233 g/mol. The van der Waals surface area contributed by atoms with Crippen LogP contribution in [0.25, 0.3) is 5.78 Å². The molecule has 0 fully saturated rings. The summed E-state index contributed by atoms with van der Waals surface area (Å²) in [5.41, 5.74) is 5.81. The SMILES string of the molecule is CC(C)CC(CN)Cc1nnc2ncccn12. The van der Waals surface area contributed by atoms with Crippen LogP contribution in [0.4, 0.5) is 0 Å². The van der Waals surface area contributed by atoms with Gasteiger partial charge in [-0.1, -0.05) is 13.8 Å². The molecule has 2 aromatic heterocycles. The second-order valence-electron chi connectivity index (χ2n) is 4.84. The van der Waals surface area contributed by atoms with Gasteiger partial charge in [0.2, 0.25) is 0 Å². The maximum Gasteiger partial charge on any atom is 0.254 e. The van der Waals surface area contributed by atoms with Gasteiger partial charge in [0.15, 0.2) is 0 Å². The molecule has 5 nitrogen and oxygen atoms in total. The lowest BCUT2D eigenvalue weighted by Crippen LogP contribution is -2.20. The van der Waals surface area contributed by atoms with Gasteiger partial charge in [-0.2, -0.15) is 0 Å². The van der Waals surface area contributed by atoms with Crippen LogP contribution in [-0.2, 0) is 6.42 Å². The highest BCUT2D eigenvalue weighted by Crippen LogP contribution is 2.15. The zero-order valence-corrected chi connectivity index (χ0v) is 10.4. The third kappa shape index (κ3) is 2.79. The first-order valence-electron chi connectivity index (χ1n) is 6.05. The van der Waals surface area contributed by atoms with Gasteiger partial charge in [-0.15, -0.1) is 10.2 Å². The molecule has 0 aromatic carbocycles. The number of hydrogen-bond acceptors (Lipinski definition) is 4. The fourth-order valence-electron chi connectivity index (χ4n) is 2.12. The molecule has 2 aromatic rings. The zero-order chi connectivity index (χ0) is 12.3. The molecule has 5 heteroatoms. The second-order valence-corrected chi connectivity index (χ2v) is 4.84. The first kappa shape index (κ1) is 12.0. The molecule has 92 valence electrons. The molecule has 0 aliphatic rings. The van der Waals surface area contributed by atoms with Crippen LogP contribution in [0.2, 0.25) is 0 Å². The molecule has 1 unspecified atom stereocenters. The van der Waals surface area contributed by atoms with E-state index in [1.807, 2.05) is 16.7 Å². The van der Waals surface area contributed by atoms with E-state index in [1.54, 1.807) is 6.20 Å². The fourth-order valence-corrected chi connectivity index (χ4v) is 2.12. The van der Waals surface area contributed by atoms with E-state index in [4.69, 9.17) is 5.73 Å². The average Bonchev–Trinajstić information content (AvgIpc) is 2.71. The van der Waals surface area contributed by atoms with Crippen LogP contribution in [0.15, 0.2) is 18.5 Å². The summed E-state index contributed by atoms with van der Waals surface area (Å²) in [6.45, 7) is 5.12. The van der Waals surface area contributed by atoms with E-state index in [2.05, 4.69) is 29.0 Å². The van der Waals surface area contributed by atoms with Crippen LogP contribution < -0.4 is 5.73 Å². The van der Waals surface area contributed by atoms with Crippen LogP contribution in [0.3, 0.4) is 0 Å². The molecular weight excluding hydrogens is 214 g/mol. The van der Waals surface area contributed by atoms with E-state index in [-0.39, 0.29) is 0 Å². The molecule has 0 radical (unpaired) electrons. The summed E-state index contributed by atoms with van der Waals surface area (Å²) in [5, 5.41) is 8.23. The van der Waals surface area contributed by atoms with Crippen molar-refractivity contribution in [1.29, 1.82) is 0 Å². The van der Waals surface area contributed by atoms with Gasteiger partial charge < -0.3 is 5.73 Å². The molecule has 0 aliphatic heterocycles. The molecule has 0 amide bonds. The van der Waals surface area contributed by atoms with Crippen molar-refractivity contribution in [2.75, 3.05) is 6.54 Å². The minimum atomic E-state index is 0.461. The summed E-state index contributed by atoms with van der Waals surface area (Å²) in [6.07, 6.45) is 5.65. The quantitative estimate of drug-likeness (QED) is 0.844. The number of nitrogens with two attached hydrogens (primary N) is 1. The van der Waals surface area contributed by atoms with Gasteiger partial charge in [0.25, 0.3) is 5.78 Å². The summed E-state index contributed by atoms with van der Waals surface area (Å²) in [5.74, 6) is 2.72. The molecule has 0 saturated heterocycles. The van der Waals surface area contributed by atoms with Gasteiger partial charge in [0, 0.05) is 18.8 Å². The standard InChI is InChI=1S/C12H19N5/c1-9(2)6-10(8-13)7-11-15-16-12-14-4-3-5-17(11)12/h3-5,9-10H,6-8,13H2,1-2H3. The van der Waals surface area contributed by atoms with E-state index in [1.165, 1.54) is 0 Å². The Kier molecular flexibility index (Phi) is 3.68. The molecule has 2 heterocycles. The van der Waals surface area contributed by atoms with Crippen molar-refractivity contribution in [3.8, 4) is 0 Å². The summed E-state index contributed by atoms with van der Waals surface area (Å²) < 4.78 is 1.93. The predicted octanol–water partition coefficient (Wildman–Crippen LogP) is 1.29. The van der Waals surface area contributed by atoms with Crippen LogP contribution in [-0.4, -0.2) is 26.1 Å². The summed E-state index contributed by atoms with van der Waals surface area (Å²) in [7, 11) is 0. The number of hydrogen-bond donors (Lipinski definition) is 1. The van der Waals surface area contributed by atoms with E-state index < -0.39 is 0 Å². The Balaban J connectivity index is 2.16. The molecular formula is C12H19N5. The van der Waals surface area contributed by atoms with Crippen LogP contribution >= 0.6 is 0 Å². The maximum absolute atomic E-state index is 5.81. The van der Waals surface area contributed by atoms with Gasteiger partial charge in [0.05, 0.1) is 0 Å². The maximum atomic E-state index is 5.81. The molecule has 0 saturated carbocycles. The van der Waals surface area contributed by atoms with E-state index in [0.717, 1.165) is 18.7 Å². The number of nitrogens with zero attached hydrogens (tertiary/aromatic N) is 4. The van der Waals surface area contributed by atoms with Gasteiger partial charge in [-0.3, -0.25) is 4.40 Å². The Labute approximate surface area is 101 Å². The Morgan fingerprint density at radius 3 is 2.88 bits per heavy atom. The van der Waals surface area contributed by atoms with Crippen molar-refractivity contribution >= 4 is 5.78 Å². The van der Waals surface area contributed by atoms with E-state index >= 15 is 0 Å². The van der Waals surface area contributed by atoms with E-state index in [0.29, 0.717) is 24.2 Å². The summed E-state index contributed by atoms with van der Waals surface area (Å²) in [6, 6.07) is 1.89. The smallest absolute Gasteiger partial charge is 0.254 e. The third-order valence-corrected chi connectivity index (χ3v) is 2.87. The first-order chi connectivity index (χ1) is 8.20. The Morgan fingerprint density at radius 1 is 1.35 bits per heavy atom. The number of aromatic nitrogens is 4. The minimum absolute atomic E-state index is 0.461. The van der Waals surface area contributed by atoms with Crippen molar-refractivity contribution in [2.45, 2.75) is 26.7 Å². The van der Waals surface area contributed by atoms with Crippen molar-refractivity contribution in [3.63, 3.8) is 0 Å². The van der Waals surface area contributed by atoms with E-state index in [9.17, 15) is 0 Å². The molecule has 0 spiro atoms. The third-order valence-electron chi connectivity index (χ3n) is 2.87. The molecule has 2 N–H and O–H groups in total. The van der Waals surface area contributed by atoms with Crippen LogP contribution in [0, 0.1) is 11.8 Å². The highest BCUT2D eigenvalue weighted by atomic mass is 15.3. The lowest BCUT2D eigenvalue weighted by Gasteiger charge is -2.15. The average molecular weight is 233 g/mol. The van der Waals surface area contributed by atoms with Gasteiger partial charge in [-0.05, 0) is 30.9 Å². The van der Waals surface area contributed by atoms with Crippen molar-refractivity contribution < 1.29 is 0 Å². The molecule has 1 atom stereocenters. The highest BCUT2D eigenvalue weighted by molar-refractivity contribution is 5.26. The summed E-state index contributed by atoms with van der Waals surface area (Å²) >= 11 is 0. The molecule has 0 bridgehead atoms. The first-order valence-corrected chi connectivity index (χ1v) is 6.05. The van der Waals surface area contributed by atoms with Gasteiger partial charge in [0.1, 0.15) is 5.82 Å². The summed E-state index contributed by atoms with van der Waals surface area (Å²) in [4.78, 5) is 4.15. The molecule has 2 rings (SSSR count). The van der Waals surface area contributed by atoms with Gasteiger partial charge >= 0.3 is 0 Å². The van der Waals surface area contributed by atoms with Crippen molar-refractivity contribution in [3.05, 3.63) is 24.3 Å². The predicted molar refractivity (Wildman–Crippen MR) is 66.5 cm³/mol. The second kappa shape index (κ2) is 5.23. The molecule has 0 aliphatic carbocycles. The Morgan fingerprint density at radius 2 is 2.18 bits per heavy atom. The topological polar surface area (TPSA) is 69.1 Å². The Bertz CT molecular complexity index is 476. The lowest BCUT2D eigenvalue weighted by molar-refractivity contribution is 0.407. The number of rotatable bonds is 5.